The minimum Gasteiger partial charge on any atom is -0.497 e. The van der Waals surface area contributed by atoms with E-state index in [1.54, 1.807) is 42.3 Å². The molecule has 0 aliphatic rings. The third-order valence-corrected chi connectivity index (χ3v) is 5.41. The number of anilines is 1. The first-order valence-corrected chi connectivity index (χ1v) is 11.1. The number of esters is 1. The molecule has 0 bridgehead atoms. The van der Waals surface area contributed by atoms with Crippen LogP contribution in [0.4, 0.5) is 5.69 Å². The Balaban J connectivity index is 1.56. The summed E-state index contributed by atoms with van der Waals surface area (Å²) < 4.78 is 12.3. The number of amides is 2. The summed E-state index contributed by atoms with van der Waals surface area (Å²) in [5.41, 5.74) is 8.03. The molecule has 0 spiro atoms. The summed E-state index contributed by atoms with van der Waals surface area (Å²) in [7, 11) is 1.57. The van der Waals surface area contributed by atoms with Crippen LogP contribution < -0.4 is 15.8 Å². The molecule has 9 nitrogen and oxygen atoms in total. The molecular formula is C27H24N4O5. The van der Waals surface area contributed by atoms with Crippen LogP contribution in [0.2, 0.25) is 0 Å². The van der Waals surface area contributed by atoms with Gasteiger partial charge in [-0.3, -0.25) is 9.59 Å². The van der Waals surface area contributed by atoms with Crippen LogP contribution in [0.5, 0.6) is 5.75 Å². The molecule has 0 aliphatic heterocycles. The van der Waals surface area contributed by atoms with Gasteiger partial charge in [0.2, 0.25) is 5.91 Å². The molecule has 9 heteroatoms. The van der Waals surface area contributed by atoms with Crippen LogP contribution >= 0.6 is 0 Å². The Morgan fingerprint density at radius 2 is 1.61 bits per heavy atom. The van der Waals surface area contributed by atoms with Crippen molar-refractivity contribution < 1.29 is 23.9 Å². The standard InChI is InChI=1S/C27H24N4O5/c1-17(26(33)29-20-12-8-19(9-13-20)25(28)32)36-27(34)23-16-31(21-6-4-3-5-7-21)30-24(23)18-10-14-22(35-2)15-11-18/h3-17H,1-2H3,(H2,28,32)(H,29,33). The number of primary amides is 1. The number of para-hydroxylation sites is 1. The minimum absolute atomic E-state index is 0.203. The van der Waals surface area contributed by atoms with E-state index in [9.17, 15) is 14.4 Å². The number of hydrogen-bond donors (Lipinski definition) is 2. The molecule has 0 saturated carbocycles. The van der Waals surface area contributed by atoms with E-state index in [2.05, 4.69) is 10.4 Å². The number of nitrogens with zero attached hydrogens (tertiary/aromatic N) is 2. The lowest BCUT2D eigenvalue weighted by atomic mass is 10.1. The highest BCUT2D eigenvalue weighted by Gasteiger charge is 2.24. The Kier molecular flexibility index (Phi) is 7.10. The van der Waals surface area contributed by atoms with E-state index in [0.717, 1.165) is 5.69 Å². The number of aromatic nitrogens is 2. The quantitative estimate of drug-likeness (QED) is 0.366. The summed E-state index contributed by atoms with van der Waals surface area (Å²) >= 11 is 0. The maximum Gasteiger partial charge on any atom is 0.342 e. The Morgan fingerprint density at radius 3 is 2.22 bits per heavy atom. The molecule has 0 aliphatic carbocycles. The zero-order valence-corrected chi connectivity index (χ0v) is 19.7. The van der Waals surface area contributed by atoms with Gasteiger partial charge in [0.25, 0.3) is 5.91 Å². The highest BCUT2D eigenvalue weighted by Crippen LogP contribution is 2.27. The monoisotopic (exact) mass is 484 g/mol. The Hall–Kier alpha value is -4.92. The van der Waals surface area contributed by atoms with Crippen molar-refractivity contribution in [1.29, 1.82) is 0 Å². The molecule has 4 aromatic rings. The molecule has 3 N–H and O–H groups in total. The molecule has 36 heavy (non-hydrogen) atoms. The second kappa shape index (κ2) is 10.6. The number of rotatable bonds is 8. The minimum atomic E-state index is -1.10. The number of ether oxygens (including phenoxy) is 2. The molecule has 0 fully saturated rings. The van der Waals surface area contributed by atoms with Gasteiger partial charge in [0, 0.05) is 23.0 Å². The Morgan fingerprint density at radius 1 is 0.944 bits per heavy atom. The third kappa shape index (κ3) is 5.41. The Labute approximate surface area is 207 Å². The highest BCUT2D eigenvalue weighted by atomic mass is 16.5. The second-order valence-corrected chi connectivity index (χ2v) is 7.88. The van der Waals surface area contributed by atoms with Crippen molar-refractivity contribution in [1.82, 2.24) is 9.78 Å². The molecule has 1 aromatic heterocycles. The first kappa shape index (κ1) is 24.2. The molecule has 4 rings (SSSR count). The van der Waals surface area contributed by atoms with Crippen molar-refractivity contribution in [3.8, 4) is 22.7 Å². The van der Waals surface area contributed by atoms with Gasteiger partial charge in [0.1, 0.15) is 17.0 Å². The van der Waals surface area contributed by atoms with E-state index in [0.29, 0.717) is 28.3 Å². The van der Waals surface area contributed by atoms with Crippen LogP contribution in [0.1, 0.15) is 27.6 Å². The first-order valence-electron chi connectivity index (χ1n) is 11.1. The number of methoxy groups -OCH3 is 1. The van der Waals surface area contributed by atoms with Gasteiger partial charge in [-0.25, -0.2) is 9.48 Å². The lowest BCUT2D eigenvalue weighted by Crippen LogP contribution is -2.30. The van der Waals surface area contributed by atoms with Crippen molar-refractivity contribution in [2.75, 3.05) is 12.4 Å². The molecule has 1 unspecified atom stereocenters. The van der Waals surface area contributed by atoms with E-state index in [-0.39, 0.29) is 5.56 Å². The topological polar surface area (TPSA) is 126 Å². The van der Waals surface area contributed by atoms with Crippen molar-refractivity contribution in [2.24, 2.45) is 5.73 Å². The van der Waals surface area contributed by atoms with E-state index in [1.165, 1.54) is 31.2 Å². The number of hydrogen-bond acceptors (Lipinski definition) is 6. The summed E-state index contributed by atoms with van der Waals surface area (Å²) in [5, 5.41) is 7.26. The summed E-state index contributed by atoms with van der Waals surface area (Å²) in [6, 6.07) is 22.5. The summed E-state index contributed by atoms with van der Waals surface area (Å²) in [6.07, 6.45) is 0.474. The largest absolute Gasteiger partial charge is 0.497 e. The summed E-state index contributed by atoms with van der Waals surface area (Å²) in [6.45, 7) is 1.47. The molecule has 2 amide bonds. The SMILES string of the molecule is COc1ccc(-c2nn(-c3ccccc3)cc2C(=O)OC(C)C(=O)Nc2ccc(C(N)=O)cc2)cc1. The number of benzene rings is 3. The van der Waals surface area contributed by atoms with Gasteiger partial charge in [0.15, 0.2) is 6.10 Å². The highest BCUT2D eigenvalue weighted by molar-refractivity contribution is 6.00. The zero-order valence-electron chi connectivity index (χ0n) is 19.7. The van der Waals surface area contributed by atoms with Gasteiger partial charge >= 0.3 is 5.97 Å². The number of nitrogens with two attached hydrogens (primary N) is 1. The normalized spacial score (nSPS) is 11.4. The van der Waals surface area contributed by atoms with Crippen molar-refractivity contribution in [2.45, 2.75) is 13.0 Å². The van der Waals surface area contributed by atoms with Gasteiger partial charge in [-0.1, -0.05) is 18.2 Å². The number of nitrogens with one attached hydrogen (secondary N) is 1. The van der Waals surface area contributed by atoms with Crippen LogP contribution in [-0.2, 0) is 9.53 Å². The second-order valence-electron chi connectivity index (χ2n) is 7.88. The van der Waals surface area contributed by atoms with E-state index in [1.807, 2.05) is 30.3 Å². The van der Waals surface area contributed by atoms with Gasteiger partial charge in [-0.2, -0.15) is 5.10 Å². The van der Waals surface area contributed by atoms with Crippen molar-refractivity contribution >= 4 is 23.5 Å². The van der Waals surface area contributed by atoms with Crippen LogP contribution in [0, 0.1) is 0 Å². The maximum absolute atomic E-state index is 13.2. The molecule has 1 heterocycles. The van der Waals surface area contributed by atoms with Gasteiger partial charge in [-0.15, -0.1) is 0 Å². The fourth-order valence-corrected chi connectivity index (χ4v) is 3.44. The average molecular weight is 485 g/mol. The van der Waals surface area contributed by atoms with E-state index < -0.39 is 23.9 Å². The lowest BCUT2D eigenvalue weighted by molar-refractivity contribution is -0.123. The fourth-order valence-electron chi connectivity index (χ4n) is 3.44. The molecule has 0 radical (unpaired) electrons. The summed E-state index contributed by atoms with van der Waals surface area (Å²) in [4.78, 5) is 37.0. The van der Waals surface area contributed by atoms with Crippen molar-refractivity contribution in [3.05, 3.63) is 96.2 Å². The average Bonchev–Trinajstić information content (AvgIpc) is 3.35. The predicted octanol–water partition coefficient (Wildman–Crippen LogP) is 3.83. The van der Waals surface area contributed by atoms with Crippen molar-refractivity contribution in [3.63, 3.8) is 0 Å². The molecule has 0 saturated heterocycles. The Bertz CT molecular complexity index is 1380. The number of carbonyl (C=O) groups excluding carboxylic acids is 3. The molecule has 1 atom stereocenters. The van der Waals surface area contributed by atoms with Crippen LogP contribution in [-0.4, -0.2) is 40.8 Å². The molecular weight excluding hydrogens is 460 g/mol. The van der Waals surface area contributed by atoms with E-state index in [4.69, 9.17) is 15.2 Å². The van der Waals surface area contributed by atoms with Gasteiger partial charge in [-0.05, 0) is 67.6 Å². The third-order valence-electron chi connectivity index (χ3n) is 5.41. The predicted molar refractivity (Wildman–Crippen MR) is 134 cm³/mol. The first-order chi connectivity index (χ1) is 17.4. The zero-order chi connectivity index (χ0) is 25.7. The fraction of sp³-hybridized carbons (Fsp3) is 0.111. The van der Waals surface area contributed by atoms with Crippen LogP contribution in [0.25, 0.3) is 16.9 Å². The van der Waals surface area contributed by atoms with Crippen LogP contribution in [0.15, 0.2) is 85.1 Å². The van der Waals surface area contributed by atoms with Crippen LogP contribution in [0.3, 0.4) is 0 Å². The smallest absolute Gasteiger partial charge is 0.342 e. The molecule has 3 aromatic carbocycles. The molecule has 182 valence electrons. The number of carbonyl (C=O) groups is 3. The maximum atomic E-state index is 13.2. The van der Waals surface area contributed by atoms with Gasteiger partial charge in [0.05, 0.1) is 12.8 Å². The lowest BCUT2D eigenvalue weighted by Gasteiger charge is -2.13. The summed E-state index contributed by atoms with van der Waals surface area (Å²) in [5.74, 6) is -1.13. The van der Waals surface area contributed by atoms with Gasteiger partial charge < -0.3 is 20.5 Å². The van der Waals surface area contributed by atoms with E-state index >= 15 is 0 Å².